The Labute approximate surface area is 167 Å². The van der Waals surface area contributed by atoms with E-state index in [0.717, 1.165) is 0 Å². The summed E-state index contributed by atoms with van der Waals surface area (Å²) in [5.74, 6) is -0.845. The third kappa shape index (κ3) is 4.21. The molecule has 0 bridgehead atoms. The maximum absolute atomic E-state index is 14.2. The number of benzene rings is 2. The fourth-order valence-electron chi connectivity index (χ4n) is 3.98. The largest absolute Gasteiger partial charge is 0.469 e. The third-order valence-corrected chi connectivity index (χ3v) is 6.03. The number of fused-ring (bicyclic) bond motifs is 1. The Morgan fingerprint density at radius 3 is 2.36 bits per heavy atom. The van der Waals surface area contributed by atoms with Gasteiger partial charge < -0.3 is 10.1 Å². The minimum Gasteiger partial charge on any atom is -0.469 e. The van der Waals surface area contributed by atoms with Gasteiger partial charge in [0.15, 0.2) is 0 Å². The summed E-state index contributed by atoms with van der Waals surface area (Å²) < 4.78 is 18.8. The molecule has 1 N–H and O–H groups in total. The van der Waals surface area contributed by atoms with Gasteiger partial charge in [-0.3, -0.25) is 4.79 Å². The van der Waals surface area contributed by atoms with Crippen molar-refractivity contribution in [2.45, 2.75) is 64.3 Å². The van der Waals surface area contributed by atoms with Gasteiger partial charge in [-0.15, -0.1) is 0 Å². The van der Waals surface area contributed by atoms with Gasteiger partial charge in [-0.2, -0.15) is 0 Å². The first-order valence-corrected chi connectivity index (χ1v) is 9.85. The number of methoxy groups -OCH3 is 1. The first-order valence-electron chi connectivity index (χ1n) is 9.85. The van der Waals surface area contributed by atoms with Crippen molar-refractivity contribution in [2.24, 2.45) is 0 Å². The molecule has 0 saturated heterocycles. The Bertz CT molecular complexity index is 886. The molecule has 3 nitrogen and oxygen atoms in total. The fraction of sp³-hybridized carbons (Fsp3) is 0.458. The average molecular weight is 384 g/mol. The Morgan fingerprint density at radius 2 is 1.71 bits per heavy atom. The van der Waals surface area contributed by atoms with Gasteiger partial charge in [-0.05, 0) is 58.1 Å². The zero-order chi connectivity index (χ0) is 20.5. The second-order valence-electron chi connectivity index (χ2n) is 9.06. The van der Waals surface area contributed by atoms with Crippen LogP contribution >= 0.6 is 0 Å². The molecule has 0 unspecified atom stereocenters. The average Bonchev–Trinajstić information content (AvgIpc) is 2.65. The molecule has 1 aliphatic carbocycles. The van der Waals surface area contributed by atoms with Crippen LogP contribution in [-0.4, -0.2) is 13.1 Å². The van der Waals surface area contributed by atoms with Crippen LogP contribution in [0.3, 0.4) is 0 Å². The fourth-order valence-corrected chi connectivity index (χ4v) is 3.98. The topological polar surface area (TPSA) is 38.3 Å². The molecule has 28 heavy (non-hydrogen) atoms. The molecule has 0 aliphatic heterocycles. The quantitative estimate of drug-likeness (QED) is 0.693. The van der Waals surface area contributed by atoms with Crippen LogP contribution in [0.15, 0.2) is 36.4 Å². The highest BCUT2D eigenvalue weighted by Gasteiger charge is 2.36. The van der Waals surface area contributed by atoms with Gasteiger partial charge in [-0.25, -0.2) is 4.39 Å². The summed E-state index contributed by atoms with van der Waals surface area (Å²) in [6, 6.07) is 11.6. The van der Waals surface area contributed by atoms with Crippen LogP contribution in [0.5, 0.6) is 0 Å². The number of hydrogen-bond acceptors (Lipinski definition) is 3. The summed E-state index contributed by atoms with van der Waals surface area (Å²) in [5, 5.41) is 3.30. The summed E-state index contributed by atoms with van der Waals surface area (Å²) in [4.78, 5) is 11.3. The number of rotatable bonds is 5. The number of halogens is 1. The van der Waals surface area contributed by atoms with Crippen molar-refractivity contribution in [3.8, 4) is 0 Å². The van der Waals surface area contributed by atoms with E-state index in [-0.39, 0.29) is 17.3 Å². The molecular weight excluding hydrogens is 353 g/mol. The van der Waals surface area contributed by atoms with E-state index in [1.54, 1.807) is 12.1 Å². The second kappa shape index (κ2) is 7.57. The summed E-state index contributed by atoms with van der Waals surface area (Å²) in [6.45, 7) is 9.89. The van der Waals surface area contributed by atoms with E-state index < -0.39 is 11.8 Å². The van der Waals surface area contributed by atoms with Crippen LogP contribution in [0.1, 0.15) is 62.8 Å². The van der Waals surface area contributed by atoms with Crippen LogP contribution in [0.4, 0.5) is 10.1 Å². The minimum atomic E-state index is -0.445. The number of nitrogens with one attached hydrogen (secondary N) is 1. The standard InChI is InChI=1S/C24H30FNO2/c1-23(2)10-11-24(3,4)20-12-16(6-9-19(20)23)15-26-18-8-7-17(21(25)14-18)13-22(27)28-5/h6-9,12,14,26H,10-11,13,15H2,1-5H3. The first kappa shape index (κ1) is 20.4. The zero-order valence-electron chi connectivity index (χ0n) is 17.5. The van der Waals surface area contributed by atoms with Crippen LogP contribution in [0, 0.1) is 5.82 Å². The predicted octanol–water partition coefficient (Wildman–Crippen LogP) is 5.50. The number of carbonyl (C=O) groups excluding carboxylic acids is 1. The molecule has 0 fully saturated rings. The maximum Gasteiger partial charge on any atom is 0.310 e. The molecular formula is C24H30FNO2. The van der Waals surface area contributed by atoms with Gasteiger partial charge in [0.2, 0.25) is 0 Å². The van der Waals surface area contributed by atoms with Crippen molar-refractivity contribution in [3.63, 3.8) is 0 Å². The van der Waals surface area contributed by atoms with E-state index in [0.29, 0.717) is 17.8 Å². The van der Waals surface area contributed by atoms with Crippen molar-refractivity contribution in [3.05, 3.63) is 64.5 Å². The van der Waals surface area contributed by atoms with Crippen molar-refractivity contribution in [1.29, 1.82) is 0 Å². The van der Waals surface area contributed by atoms with Crippen molar-refractivity contribution < 1.29 is 13.9 Å². The highest BCUT2D eigenvalue weighted by atomic mass is 19.1. The Balaban J connectivity index is 1.75. The van der Waals surface area contributed by atoms with E-state index in [9.17, 15) is 9.18 Å². The van der Waals surface area contributed by atoms with Crippen molar-refractivity contribution in [1.82, 2.24) is 0 Å². The van der Waals surface area contributed by atoms with Crippen LogP contribution < -0.4 is 5.32 Å². The smallest absolute Gasteiger partial charge is 0.310 e. The molecule has 0 radical (unpaired) electrons. The van der Waals surface area contributed by atoms with E-state index in [1.165, 1.54) is 42.7 Å². The number of esters is 1. The molecule has 2 aromatic carbocycles. The van der Waals surface area contributed by atoms with Gasteiger partial charge in [0.1, 0.15) is 5.82 Å². The molecule has 0 atom stereocenters. The molecule has 0 saturated carbocycles. The predicted molar refractivity (Wildman–Crippen MR) is 111 cm³/mol. The molecule has 0 aromatic heterocycles. The number of anilines is 1. The maximum atomic E-state index is 14.2. The zero-order valence-corrected chi connectivity index (χ0v) is 17.5. The molecule has 0 spiro atoms. The molecule has 150 valence electrons. The summed E-state index contributed by atoms with van der Waals surface area (Å²) in [5.41, 5.74) is 5.45. The van der Waals surface area contributed by atoms with Crippen LogP contribution in [-0.2, 0) is 33.3 Å². The number of hydrogen-bond donors (Lipinski definition) is 1. The normalized spacial score (nSPS) is 16.9. The highest BCUT2D eigenvalue weighted by molar-refractivity contribution is 5.72. The van der Waals surface area contributed by atoms with Crippen LogP contribution in [0.2, 0.25) is 0 Å². The van der Waals surface area contributed by atoms with Crippen LogP contribution in [0.25, 0.3) is 0 Å². The van der Waals surface area contributed by atoms with Gasteiger partial charge in [0.05, 0.1) is 13.5 Å². The molecule has 4 heteroatoms. The Kier molecular flexibility index (Phi) is 5.51. The Hall–Kier alpha value is -2.36. The lowest BCUT2D eigenvalue weighted by Crippen LogP contribution is -2.33. The number of ether oxygens (including phenoxy) is 1. The van der Waals surface area contributed by atoms with Gasteiger partial charge in [0.25, 0.3) is 0 Å². The monoisotopic (exact) mass is 383 g/mol. The van der Waals surface area contributed by atoms with E-state index in [4.69, 9.17) is 0 Å². The van der Waals surface area contributed by atoms with Crippen molar-refractivity contribution in [2.75, 3.05) is 12.4 Å². The Morgan fingerprint density at radius 1 is 1.04 bits per heavy atom. The lowest BCUT2D eigenvalue weighted by atomic mass is 9.63. The summed E-state index contributed by atoms with van der Waals surface area (Å²) in [6.07, 6.45) is 2.32. The summed E-state index contributed by atoms with van der Waals surface area (Å²) in [7, 11) is 1.30. The van der Waals surface area contributed by atoms with Crippen molar-refractivity contribution >= 4 is 11.7 Å². The minimum absolute atomic E-state index is 0.0572. The van der Waals surface area contributed by atoms with E-state index >= 15 is 0 Å². The number of carbonyl (C=O) groups is 1. The second-order valence-corrected chi connectivity index (χ2v) is 9.06. The van der Waals surface area contributed by atoms with E-state index in [2.05, 4.69) is 55.9 Å². The third-order valence-electron chi connectivity index (χ3n) is 6.03. The lowest BCUT2D eigenvalue weighted by Gasteiger charge is -2.42. The van der Waals surface area contributed by atoms with Gasteiger partial charge >= 0.3 is 5.97 Å². The molecule has 0 heterocycles. The molecule has 2 aromatic rings. The summed E-state index contributed by atoms with van der Waals surface area (Å²) >= 11 is 0. The van der Waals surface area contributed by atoms with E-state index in [1.807, 2.05) is 0 Å². The SMILES string of the molecule is COC(=O)Cc1ccc(NCc2ccc3c(c2)C(C)(C)CCC3(C)C)cc1F. The first-order chi connectivity index (χ1) is 13.1. The van der Waals surface area contributed by atoms with Gasteiger partial charge in [0, 0.05) is 12.2 Å². The molecule has 3 rings (SSSR count). The lowest BCUT2D eigenvalue weighted by molar-refractivity contribution is -0.139. The highest BCUT2D eigenvalue weighted by Crippen LogP contribution is 2.45. The molecule has 1 aliphatic rings. The van der Waals surface area contributed by atoms with Gasteiger partial charge in [-0.1, -0.05) is 52.0 Å². The molecule has 0 amide bonds.